The molecule has 3 aromatic heterocycles. The number of pyridine rings is 2. The van der Waals surface area contributed by atoms with Crippen LogP contribution in [0.4, 0.5) is 5.69 Å². The number of nitrogens with one attached hydrogen (secondary N) is 2. The number of carbonyl (C=O) groups excluding carboxylic acids is 1. The number of aromatic amines is 1. The molecule has 2 N–H and O–H groups in total. The SMILES string of the molecule is CC(C)S(=O)(=O)c1ccc(NC(=O)c2n[nH]c3ccc(-c4cncc(CN5CCCCCC5)c4)cc23)cn1. The number of nitrogens with zero attached hydrogens (tertiary/aromatic N) is 4. The highest BCUT2D eigenvalue weighted by Crippen LogP contribution is 2.27. The van der Waals surface area contributed by atoms with E-state index in [0.29, 0.717) is 11.1 Å². The molecule has 1 amide bonds. The van der Waals surface area contributed by atoms with Crippen LogP contribution in [0.15, 0.2) is 60.0 Å². The smallest absolute Gasteiger partial charge is 0.276 e. The lowest BCUT2D eigenvalue weighted by atomic mass is 10.0. The van der Waals surface area contributed by atoms with Gasteiger partial charge in [0.2, 0.25) is 0 Å². The van der Waals surface area contributed by atoms with Crippen molar-refractivity contribution in [1.29, 1.82) is 0 Å². The summed E-state index contributed by atoms with van der Waals surface area (Å²) < 4.78 is 24.6. The molecule has 1 aromatic carbocycles. The van der Waals surface area contributed by atoms with Gasteiger partial charge in [-0.2, -0.15) is 5.10 Å². The average molecular weight is 533 g/mol. The number of sulfone groups is 1. The van der Waals surface area contributed by atoms with Gasteiger partial charge >= 0.3 is 0 Å². The Bertz CT molecular complexity index is 1540. The Labute approximate surface area is 222 Å². The van der Waals surface area contributed by atoms with E-state index in [9.17, 15) is 13.2 Å². The number of hydrogen-bond donors (Lipinski definition) is 2. The summed E-state index contributed by atoms with van der Waals surface area (Å²) in [6, 6.07) is 10.9. The van der Waals surface area contributed by atoms with Crippen molar-refractivity contribution in [3.63, 3.8) is 0 Å². The van der Waals surface area contributed by atoms with Gasteiger partial charge in [-0.1, -0.05) is 18.9 Å². The molecule has 0 spiro atoms. The van der Waals surface area contributed by atoms with E-state index >= 15 is 0 Å². The fourth-order valence-electron chi connectivity index (χ4n) is 4.71. The van der Waals surface area contributed by atoms with Crippen molar-refractivity contribution in [2.24, 2.45) is 0 Å². The van der Waals surface area contributed by atoms with Gasteiger partial charge in [0.05, 0.1) is 22.7 Å². The van der Waals surface area contributed by atoms with Crippen LogP contribution in [0.3, 0.4) is 0 Å². The molecule has 1 fully saturated rings. The molecule has 4 aromatic rings. The average Bonchev–Trinajstić information content (AvgIpc) is 3.17. The molecule has 1 aliphatic heterocycles. The molecule has 1 aliphatic rings. The lowest BCUT2D eigenvalue weighted by Gasteiger charge is -2.19. The summed E-state index contributed by atoms with van der Waals surface area (Å²) in [5, 5.41) is 10.0. The van der Waals surface area contributed by atoms with Gasteiger partial charge in [0.15, 0.2) is 20.6 Å². The molecule has 10 heteroatoms. The van der Waals surface area contributed by atoms with Crippen LogP contribution < -0.4 is 5.32 Å². The first-order valence-corrected chi connectivity index (χ1v) is 14.5. The number of aromatic nitrogens is 4. The van der Waals surface area contributed by atoms with Crippen LogP contribution in [0.25, 0.3) is 22.0 Å². The summed E-state index contributed by atoms with van der Waals surface area (Å²) in [5.41, 5.74) is 4.47. The Morgan fingerprint density at radius 1 is 1.00 bits per heavy atom. The Hall–Kier alpha value is -3.63. The van der Waals surface area contributed by atoms with Gasteiger partial charge in [-0.15, -0.1) is 0 Å². The second-order valence-corrected chi connectivity index (χ2v) is 12.5. The highest BCUT2D eigenvalue weighted by atomic mass is 32.2. The van der Waals surface area contributed by atoms with Gasteiger partial charge < -0.3 is 5.32 Å². The first-order chi connectivity index (χ1) is 18.3. The minimum Gasteiger partial charge on any atom is -0.319 e. The van der Waals surface area contributed by atoms with E-state index in [1.807, 2.05) is 30.6 Å². The van der Waals surface area contributed by atoms with Gasteiger partial charge in [0, 0.05) is 29.9 Å². The lowest BCUT2D eigenvalue weighted by molar-refractivity contribution is 0.102. The fourth-order valence-corrected chi connectivity index (χ4v) is 5.65. The number of benzene rings is 1. The van der Waals surface area contributed by atoms with Crippen LogP contribution in [0.5, 0.6) is 0 Å². The topological polar surface area (TPSA) is 121 Å². The molecule has 38 heavy (non-hydrogen) atoms. The van der Waals surface area contributed by atoms with Crippen molar-refractivity contribution in [1.82, 2.24) is 25.1 Å². The molecule has 198 valence electrons. The first-order valence-electron chi connectivity index (χ1n) is 13.0. The number of rotatable bonds is 7. The van der Waals surface area contributed by atoms with Crippen molar-refractivity contribution in [3.8, 4) is 11.1 Å². The van der Waals surface area contributed by atoms with E-state index in [4.69, 9.17) is 0 Å². The molecule has 0 bridgehead atoms. The summed E-state index contributed by atoms with van der Waals surface area (Å²) in [6.45, 7) is 6.33. The monoisotopic (exact) mass is 532 g/mol. The third kappa shape index (κ3) is 5.61. The van der Waals surface area contributed by atoms with Gasteiger partial charge in [-0.3, -0.25) is 19.8 Å². The quantitative estimate of drug-likeness (QED) is 0.350. The second kappa shape index (κ2) is 11.0. The Kier molecular flexibility index (Phi) is 7.53. The standard InChI is InChI=1S/C28H32N6O3S/c1-19(2)38(36,37)26-10-8-23(17-30-26)31-28(35)27-24-14-21(7-9-25(24)32-33-27)22-13-20(15-29-16-22)18-34-11-5-3-4-6-12-34/h7-10,13-17,19H,3-6,11-12,18H2,1-2H3,(H,31,35)(H,32,33). The predicted molar refractivity (Wildman–Crippen MR) is 148 cm³/mol. The lowest BCUT2D eigenvalue weighted by Crippen LogP contribution is -2.24. The third-order valence-electron chi connectivity index (χ3n) is 6.92. The molecule has 0 unspecified atom stereocenters. The zero-order valence-corrected chi connectivity index (χ0v) is 22.5. The molecule has 9 nitrogen and oxygen atoms in total. The van der Waals surface area contributed by atoms with Gasteiger partial charge in [-0.05, 0) is 81.2 Å². The van der Waals surface area contributed by atoms with Gasteiger partial charge in [0.1, 0.15) is 0 Å². The maximum absolute atomic E-state index is 13.1. The van der Waals surface area contributed by atoms with Crippen molar-refractivity contribution in [2.75, 3.05) is 18.4 Å². The molecule has 0 aliphatic carbocycles. The second-order valence-electron chi connectivity index (χ2n) is 10.0. The number of hydrogen-bond acceptors (Lipinski definition) is 7. The number of fused-ring (bicyclic) bond motifs is 1. The van der Waals surface area contributed by atoms with Crippen LogP contribution in [-0.4, -0.2) is 57.7 Å². The van der Waals surface area contributed by atoms with E-state index in [1.165, 1.54) is 49.6 Å². The predicted octanol–water partition coefficient (Wildman–Crippen LogP) is 4.83. The molecule has 0 saturated carbocycles. The Morgan fingerprint density at radius 3 is 2.50 bits per heavy atom. The van der Waals surface area contributed by atoms with Crippen molar-refractivity contribution >= 4 is 32.3 Å². The van der Waals surface area contributed by atoms with Crippen molar-refractivity contribution < 1.29 is 13.2 Å². The highest BCUT2D eigenvalue weighted by Gasteiger charge is 2.21. The minimum absolute atomic E-state index is 0.0213. The van der Waals surface area contributed by atoms with Gasteiger partial charge in [-0.25, -0.2) is 13.4 Å². The molecule has 0 radical (unpaired) electrons. The van der Waals surface area contributed by atoms with Gasteiger partial charge in [0.25, 0.3) is 5.91 Å². The third-order valence-corrected chi connectivity index (χ3v) is 8.98. The molecule has 1 saturated heterocycles. The summed E-state index contributed by atoms with van der Waals surface area (Å²) >= 11 is 0. The Balaban J connectivity index is 1.35. The molecular formula is C28H32N6O3S. The maximum Gasteiger partial charge on any atom is 0.276 e. The van der Waals surface area contributed by atoms with E-state index in [2.05, 4.69) is 36.4 Å². The van der Waals surface area contributed by atoms with E-state index in [-0.39, 0.29) is 10.7 Å². The van der Waals surface area contributed by atoms with Crippen molar-refractivity contribution in [3.05, 3.63) is 66.2 Å². The van der Waals surface area contributed by atoms with E-state index < -0.39 is 21.0 Å². The Morgan fingerprint density at radius 2 is 1.79 bits per heavy atom. The molecule has 5 rings (SSSR count). The zero-order chi connectivity index (χ0) is 26.7. The number of carbonyl (C=O) groups is 1. The van der Waals surface area contributed by atoms with Crippen LogP contribution in [0.1, 0.15) is 55.6 Å². The molecular weight excluding hydrogens is 500 g/mol. The van der Waals surface area contributed by atoms with Crippen LogP contribution in [0, 0.1) is 0 Å². The zero-order valence-electron chi connectivity index (χ0n) is 21.6. The summed E-state index contributed by atoms with van der Waals surface area (Å²) in [7, 11) is -3.49. The van der Waals surface area contributed by atoms with Crippen LogP contribution in [0.2, 0.25) is 0 Å². The number of H-pyrrole nitrogens is 1. The summed E-state index contributed by atoms with van der Waals surface area (Å²) in [5.74, 6) is -0.414. The highest BCUT2D eigenvalue weighted by molar-refractivity contribution is 7.91. The van der Waals surface area contributed by atoms with Crippen LogP contribution >= 0.6 is 0 Å². The number of likely N-dealkylation sites (tertiary alicyclic amines) is 1. The molecule has 4 heterocycles. The fraction of sp³-hybridized carbons (Fsp3) is 0.357. The van der Waals surface area contributed by atoms with E-state index in [0.717, 1.165) is 36.3 Å². The first kappa shape index (κ1) is 26.0. The largest absolute Gasteiger partial charge is 0.319 e. The van der Waals surface area contributed by atoms with Crippen molar-refractivity contribution in [2.45, 2.75) is 56.4 Å². The minimum atomic E-state index is -3.49. The summed E-state index contributed by atoms with van der Waals surface area (Å²) in [4.78, 5) is 24.1. The maximum atomic E-state index is 13.1. The number of amides is 1. The number of anilines is 1. The van der Waals surface area contributed by atoms with Crippen LogP contribution in [-0.2, 0) is 16.4 Å². The van der Waals surface area contributed by atoms with E-state index in [1.54, 1.807) is 13.8 Å². The molecule has 0 atom stereocenters. The normalized spacial score (nSPS) is 15.0. The summed E-state index contributed by atoms with van der Waals surface area (Å²) in [6.07, 6.45) is 10.2.